The molecule has 0 saturated heterocycles. The maximum absolute atomic E-state index is 5.39. The Labute approximate surface area is 108 Å². The van der Waals surface area contributed by atoms with Crippen LogP contribution in [0, 0.1) is 5.92 Å². The van der Waals surface area contributed by atoms with E-state index in [1.54, 1.807) is 11.3 Å². The van der Waals surface area contributed by atoms with Gasteiger partial charge in [0.1, 0.15) is 0 Å². The Morgan fingerprint density at radius 3 is 2.81 bits per heavy atom. The molecule has 0 radical (unpaired) electrons. The molecular formula is C12H20N2S2. The van der Waals surface area contributed by atoms with Gasteiger partial charge in [-0.15, -0.1) is 11.3 Å². The fourth-order valence-electron chi connectivity index (χ4n) is 1.32. The van der Waals surface area contributed by atoms with Gasteiger partial charge in [0.05, 0.1) is 6.54 Å². The summed E-state index contributed by atoms with van der Waals surface area (Å²) in [4.78, 5) is 3.55. The van der Waals surface area contributed by atoms with E-state index in [0.717, 1.165) is 24.7 Å². The lowest BCUT2D eigenvalue weighted by atomic mass is 10.2. The minimum atomic E-state index is 0.624. The molecule has 16 heavy (non-hydrogen) atoms. The molecule has 0 atom stereocenters. The second kappa shape index (κ2) is 6.86. The second-order valence-corrected chi connectivity index (χ2v) is 5.59. The van der Waals surface area contributed by atoms with Crippen LogP contribution in [-0.4, -0.2) is 23.1 Å². The minimum Gasteiger partial charge on any atom is -0.362 e. The Morgan fingerprint density at radius 1 is 1.56 bits per heavy atom. The zero-order valence-electron chi connectivity index (χ0n) is 10.2. The van der Waals surface area contributed by atoms with Gasteiger partial charge in [-0.3, -0.25) is 0 Å². The Morgan fingerprint density at radius 2 is 2.31 bits per heavy atom. The minimum absolute atomic E-state index is 0.624. The number of hydrogen-bond acceptors (Lipinski definition) is 2. The molecule has 0 saturated carbocycles. The zero-order chi connectivity index (χ0) is 12.0. The topological polar surface area (TPSA) is 15.3 Å². The molecular weight excluding hydrogens is 236 g/mol. The van der Waals surface area contributed by atoms with Crippen molar-refractivity contribution in [3.8, 4) is 0 Å². The number of nitrogens with one attached hydrogen (secondary N) is 1. The molecule has 1 heterocycles. The predicted octanol–water partition coefficient (Wildman–Crippen LogP) is 3.10. The molecule has 0 spiro atoms. The molecule has 1 aromatic rings. The highest BCUT2D eigenvalue weighted by Gasteiger charge is 2.08. The second-order valence-electron chi connectivity index (χ2n) is 4.17. The summed E-state index contributed by atoms with van der Waals surface area (Å²) in [6.07, 6.45) is 0. The van der Waals surface area contributed by atoms with Crippen molar-refractivity contribution in [1.29, 1.82) is 0 Å². The van der Waals surface area contributed by atoms with Crippen LogP contribution in [0.3, 0.4) is 0 Å². The Hall–Kier alpha value is -0.610. The van der Waals surface area contributed by atoms with Crippen molar-refractivity contribution in [3.05, 3.63) is 22.4 Å². The van der Waals surface area contributed by atoms with Crippen LogP contribution in [0.1, 0.15) is 25.6 Å². The van der Waals surface area contributed by atoms with Gasteiger partial charge in [0.25, 0.3) is 0 Å². The van der Waals surface area contributed by atoms with Crippen molar-refractivity contribution in [2.45, 2.75) is 27.3 Å². The third-order valence-electron chi connectivity index (χ3n) is 2.26. The van der Waals surface area contributed by atoms with Gasteiger partial charge < -0.3 is 10.2 Å². The van der Waals surface area contributed by atoms with Crippen LogP contribution in [0.2, 0.25) is 0 Å². The van der Waals surface area contributed by atoms with E-state index >= 15 is 0 Å². The quantitative estimate of drug-likeness (QED) is 0.815. The van der Waals surface area contributed by atoms with E-state index in [1.807, 2.05) is 0 Å². The maximum Gasteiger partial charge on any atom is 0.169 e. The lowest BCUT2D eigenvalue weighted by Crippen LogP contribution is -2.40. The zero-order valence-corrected chi connectivity index (χ0v) is 11.8. The molecule has 0 aromatic carbocycles. The van der Waals surface area contributed by atoms with Gasteiger partial charge in [-0.2, -0.15) is 0 Å². The molecule has 0 aliphatic carbocycles. The van der Waals surface area contributed by atoms with E-state index in [9.17, 15) is 0 Å². The van der Waals surface area contributed by atoms with Crippen molar-refractivity contribution in [3.63, 3.8) is 0 Å². The predicted molar refractivity (Wildman–Crippen MR) is 75.8 cm³/mol. The molecule has 1 N–H and O–H groups in total. The fraction of sp³-hybridized carbons (Fsp3) is 0.583. The monoisotopic (exact) mass is 256 g/mol. The smallest absolute Gasteiger partial charge is 0.169 e. The summed E-state index contributed by atoms with van der Waals surface area (Å²) in [6, 6.07) is 4.23. The number of rotatable bonds is 5. The number of thiophene rings is 1. The van der Waals surface area contributed by atoms with E-state index in [1.165, 1.54) is 4.88 Å². The molecule has 0 unspecified atom stereocenters. The summed E-state index contributed by atoms with van der Waals surface area (Å²) in [5.41, 5.74) is 0. The van der Waals surface area contributed by atoms with Gasteiger partial charge in [0.15, 0.2) is 5.11 Å². The van der Waals surface area contributed by atoms with Crippen LogP contribution in [0.4, 0.5) is 0 Å². The average molecular weight is 256 g/mol. The summed E-state index contributed by atoms with van der Waals surface area (Å²) < 4.78 is 0. The van der Waals surface area contributed by atoms with Gasteiger partial charge in [-0.25, -0.2) is 0 Å². The largest absolute Gasteiger partial charge is 0.362 e. The molecule has 1 aromatic heterocycles. The van der Waals surface area contributed by atoms with Crippen molar-refractivity contribution in [1.82, 2.24) is 10.2 Å². The van der Waals surface area contributed by atoms with E-state index in [-0.39, 0.29) is 0 Å². The highest BCUT2D eigenvalue weighted by Crippen LogP contribution is 2.11. The third kappa shape index (κ3) is 4.49. The Kier molecular flexibility index (Phi) is 5.77. The molecule has 0 bridgehead atoms. The van der Waals surface area contributed by atoms with Gasteiger partial charge >= 0.3 is 0 Å². The first-order chi connectivity index (χ1) is 7.63. The van der Waals surface area contributed by atoms with Crippen molar-refractivity contribution >= 4 is 28.7 Å². The molecule has 0 aliphatic heterocycles. The first-order valence-electron chi connectivity index (χ1n) is 5.68. The van der Waals surface area contributed by atoms with Crippen molar-refractivity contribution in [2.75, 3.05) is 13.1 Å². The first-order valence-corrected chi connectivity index (χ1v) is 6.97. The third-order valence-corrected chi connectivity index (χ3v) is 3.52. The normalized spacial score (nSPS) is 10.5. The highest BCUT2D eigenvalue weighted by molar-refractivity contribution is 7.80. The van der Waals surface area contributed by atoms with Crippen LogP contribution in [0.15, 0.2) is 17.5 Å². The number of hydrogen-bond donors (Lipinski definition) is 1. The summed E-state index contributed by atoms with van der Waals surface area (Å²) in [7, 11) is 0. The molecule has 1 rings (SSSR count). The Bertz CT molecular complexity index is 307. The summed E-state index contributed by atoms with van der Waals surface area (Å²) in [6.45, 7) is 9.31. The fourth-order valence-corrected chi connectivity index (χ4v) is 2.32. The van der Waals surface area contributed by atoms with Crippen LogP contribution in [0.5, 0.6) is 0 Å². The van der Waals surface area contributed by atoms with Crippen molar-refractivity contribution in [2.24, 2.45) is 5.92 Å². The van der Waals surface area contributed by atoms with E-state index in [0.29, 0.717) is 5.92 Å². The standard InChI is InChI=1S/C12H20N2S2/c1-4-14(9-11-6-5-7-16-11)12(15)13-8-10(2)3/h5-7,10H,4,8-9H2,1-3H3,(H,13,15). The molecule has 0 fully saturated rings. The van der Waals surface area contributed by atoms with Crippen molar-refractivity contribution < 1.29 is 0 Å². The van der Waals surface area contributed by atoms with Crippen LogP contribution < -0.4 is 5.32 Å². The summed E-state index contributed by atoms with van der Waals surface area (Å²) >= 11 is 7.16. The molecule has 2 nitrogen and oxygen atoms in total. The van der Waals surface area contributed by atoms with Gasteiger partial charge in [0.2, 0.25) is 0 Å². The molecule has 4 heteroatoms. The maximum atomic E-state index is 5.39. The molecule has 90 valence electrons. The SMILES string of the molecule is CCN(Cc1cccs1)C(=S)NCC(C)C. The van der Waals surface area contributed by atoms with Gasteiger partial charge in [-0.05, 0) is 36.5 Å². The highest BCUT2D eigenvalue weighted by atomic mass is 32.1. The van der Waals surface area contributed by atoms with Crippen LogP contribution in [0.25, 0.3) is 0 Å². The van der Waals surface area contributed by atoms with Gasteiger partial charge in [0, 0.05) is 18.0 Å². The summed E-state index contributed by atoms with van der Waals surface area (Å²) in [5.74, 6) is 0.624. The Balaban J connectivity index is 2.44. The molecule has 0 amide bonds. The van der Waals surface area contributed by atoms with E-state index in [4.69, 9.17) is 12.2 Å². The lowest BCUT2D eigenvalue weighted by Gasteiger charge is -2.24. The summed E-state index contributed by atoms with van der Waals surface area (Å²) in [5, 5.41) is 6.28. The number of thiocarbonyl (C=S) groups is 1. The lowest BCUT2D eigenvalue weighted by molar-refractivity contribution is 0.426. The first kappa shape index (κ1) is 13.5. The van der Waals surface area contributed by atoms with Crippen LogP contribution >= 0.6 is 23.6 Å². The van der Waals surface area contributed by atoms with E-state index in [2.05, 4.69) is 48.5 Å². The van der Waals surface area contributed by atoms with Crippen LogP contribution in [-0.2, 0) is 6.54 Å². The number of nitrogens with zero attached hydrogens (tertiary/aromatic N) is 1. The average Bonchev–Trinajstić information content (AvgIpc) is 2.75. The molecule has 0 aliphatic rings. The van der Waals surface area contributed by atoms with Gasteiger partial charge in [-0.1, -0.05) is 19.9 Å². The van der Waals surface area contributed by atoms with E-state index < -0.39 is 0 Å².